The van der Waals surface area contributed by atoms with Crippen molar-refractivity contribution in [3.05, 3.63) is 24.0 Å². The second kappa shape index (κ2) is 7.06. The molecule has 0 bridgehead atoms. The van der Waals surface area contributed by atoms with E-state index in [9.17, 15) is 9.59 Å². The summed E-state index contributed by atoms with van der Waals surface area (Å²) >= 11 is 0. The van der Waals surface area contributed by atoms with Gasteiger partial charge in [0.15, 0.2) is 0 Å². The lowest BCUT2D eigenvalue weighted by molar-refractivity contribution is -0.137. The number of hydrogen-bond donors (Lipinski definition) is 2. The summed E-state index contributed by atoms with van der Waals surface area (Å²) in [5.41, 5.74) is 0.745. The average Bonchev–Trinajstić information content (AvgIpc) is 2.69. The van der Waals surface area contributed by atoms with E-state index in [4.69, 9.17) is 5.11 Å². The van der Waals surface area contributed by atoms with Crippen LogP contribution in [0.25, 0.3) is 6.08 Å². The summed E-state index contributed by atoms with van der Waals surface area (Å²) < 4.78 is 1.65. The molecule has 0 aliphatic rings. The van der Waals surface area contributed by atoms with E-state index in [0.717, 1.165) is 5.69 Å². The third-order valence-electron chi connectivity index (χ3n) is 2.89. The van der Waals surface area contributed by atoms with Gasteiger partial charge in [0, 0.05) is 25.4 Å². The molecule has 6 nitrogen and oxygen atoms in total. The number of hydrogen-bond acceptors (Lipinski definition) is 3. The predicted molar refractivity (Wildman–Crippen MR) is 80.5 cm³/mol. The van der Waals surface area contributed by atoms with Crippen LogP contribution in [-0.4, -0.2) is 32.8 Å². The lowest BCUT2D eigenvalue weighted by Gasteiger charge is -2.25. The van der Waals surface area contributed by atoms with E-state index < -0.39 is 5.97 Å². The summed E-state index contributed by atoms with van der Waals surface area (Å²) in [7, 11) is 1.78. The van der Waals surface area contributed by atoms with Crippen molar-refractivity contribution in [2.75, 3.05) is 0 Å². The average molecular weight is 293 g/mol. The SMILES string of the molecule is Cn1nccc1/C=C/C(=O)NC(CC(=O)O)CC(C)(C)C. The van der Waals surface area contributed by atoms with Gasteiger partial charge in [-0.05, 0) is 24.0 Å². The molecular formula is C15H23N3O3. The van der Waals surface area contributed by atoms with Crippen LogP contribution in [0.2, 0.25) is 0 Å². The Balaban J connectivity index is 2.65. The van der Waals surface area contributed by atoms with Crippen LogP contribution in [0.3, 0.4) is 0 Å². The summed E-state index contributed by atoms with van der Waals surface area (Å²) in [4.78, 5) is 22.8. The lowest BCUT2D eigenvalue weighted by atomic mass is 9.87. The highest BCUT2D eigenvalue weighted by molar-refractivity contribution is 5.91. The largest absolute Gasteiger partial charge is 0.481 e. The van der Waals surface area contributed by atoms with E-state index in [1.807, 2.05) is 20.8 Å². The van der Waals surface area contributed by atoms with E-state index in [2.05, 4.69) is 10.4 Å². The van der Waals surface area contributed by atoms with Gasteiger partial charge in [0.1, 0.15) is 0 Å². The van der Waals surface area contributed by atoms with Crippen LogP contribution in [0.4, 0.5) is 0 Å². The van der Waals surface area contributed by atoms with Crippen LogP contribution in [0.5, 0.6) is 0 Å². The molecule has 0 spiro atoms. The third-order valence-corrected chi connectivity index (χ3v) is 2.89. The van der Waals surface area contributed by atoms with Gasteiger partial charge < -0.3 is 10.4 Å². The minimum Gasteiger partial charge on any atom is -0.481 e. The van der Waals surface area contributed by atoms with Crippen LogP contribution >= 0.6 is 0 Å². The van der Waals surface area contributed by atoms with Crippen LogP contribution in [-0.2, 0) is 16.6 Å². The highest BCUT2D eigenvalue weighted by Gasteiger charge is 2.22. The minimum atomic E-state index is -0.917. The van der Waals surface area contributed by atoms with Gasteiger partial charge in [0.2, 0.25) is 5.91 Å². The fourth-order valence-electron chi connectivity index (χ4n) is 2.08. The Morgan fingerprint density at radius 3 is 2.62 bits per heavy atom. The maximum atomic E-state index is 11.9. The number of aryl methyl sites for hydroxylation is 1. The maximum absolute atomic E-state index is 11.9. The molecule has 1 unspecified atom stereocenters. The molecule has 0 aliphatic carbocycles. The van der Waals surface area contributed by atoms with Gasteiger partial charge in [-0.25, -0.2) is 0 Å². The van der Waals surface area contributed by atoms with E-state index in [-0.39, 0.29) is 23.8 Å². The third kappa shape index (κ3) is 6.74. The normalized spacial score (nSPS) is 13.3. The number of aromatic nitrogens is 2. The van der Waals surface area contributed by atoms with Crippen molar-refractivity contribution in [2.45, 2.75) is 39.7 Å². The van der Waals surface area contributed by atoms with Crippen LogP contribution < -0.4 is 5.32 Å². The number of carboxylic acids is 1. The molecule has 0 aliphatic heterocycles. The fraction of sp³-hybridized carbons (Fsp3) is 0.533. The molecule has 0 fully saturated rings. The van der Waals surface area contributed by atoms with Gasteiger partial charge in [-0.15, -0.1) is 0 Å². The van der Waals surface area contributed by atoms with Gasteiger partial charge in [-0.1, -0.05) is 20.8 Å². The van der Waals surface area contributed by atoms with E-state index in [1.54, 1.807) is 30.1 Å². The molecule has 0 radical (unpaired) electrons. The van der Waals surface area contributed by atoms with E-state index >= 15 is 0 Å². The minimum absolute atomic E-state index is 0.0564. The molecule has 116 valence electrons. The number of aliphatic carboxylic acids is 1. The Labute approximate surface area is 124 Å². The van der Waals surface area contributed by atoms with Gasteiger partial charge in [0.25, 0.3) is 0 Å². The van der Waals surface area contributed by atoms with Crippen LogP contribution in [0, 0.1) is 5.41 Å². The summed E-state index contributed by atoms with van der Waals surface area (Å²) in [6.07, 6.45) is 5.21. The van der Waals surface area contributed by atoms with Gasteiger partial charge in [-0.2, -0.15) is 5.10 Å². The summed E-state index contributed by atoms with van der Waals surface area (Å²) in [5.74, 6) is -1.22. The number of amides is 1. The molecule has 1 atom stereocenters. The van der Waals surface area contributed by atoms with Crippen molar-refractivity contribution >= 4 is 18.0 Å². The van der Waals surface area contributed by atoms with Crippen molar-refractivity contribution in [2.24, 2.45) is 12.5 Å². The topological polar surface area (TPSA) is 84.2 Å². The highest BCUT2D eigenvalue weighted by atomic mass is 16.4. The Morgan fingerprint density at radius 1 is 1.48 bits per heavy atom. The second-order valence-corrected chi connectivity index (χ2v) is 6.28. The summed E-state index contributed by atoms with van der Waals surface area (Å²) in [6.45, 7) is 6.04. The van der Waals surface area contributed by atoms with Crippen molar-refractivity contribution in [3.63, 3.8) is 0 Å². The van der Waals surface area contributed by atoms with Gasteiger partial charge >= 0.3 is 5.97 Å². The first-order valence-corrected chi connectivity index (χ1v) is 6.86. The monoisotopic (exact) mass is 293 g/mol. The zero-order valence-corrected chi connectivity index (χ0v) is 13.0. The number of carbonyl (C=O) groups excluding carboxylic acids is 1. The van der Waals surface area contributed by atoms with Crippen LogP contribution in [0.1, 0.15) is 39.3 Å². The first-order valence-electron chi connectivity index (χ1n) is 6.86. The molecule has 1 aromatic heterocycles. The van der Waals surface area contributed by atoms with Crippen molar-refractivity contribution < 1.29 is 14.7 Å². The first kappa shape index (κ1) is 16.9. The number of nitrogens with zero attached hydrogens (tertiary/aromatic N) is 2. The zero-order chi connectivity index (χ0) is 16.0. The molecule has 1 heterocycles. The fourth-order valence-corrected chi connectivity index (χ4v) is 2.08. The second-order valence-electron chi connectivity index (χ2n) is 6.28. The molecule has 1 amide bonds. The smallest absolute Gasteiger partial charge is 0.305 e. The molecule has 21 heavy (non-hydrogen) atoms. The zero-order valence-electron chi connectivity index (χ0n) is 13.0. The van der Waals surface area contributed by atoms with Gasteiger partial charge in [-0.3, -0.25) is 14.3 Å². The molecule has 0 aromatic carbocycles. The predicted octanol–water partition coefficient (Wildman–Crippen LogP) is 1.83. The quantitative estimate of drug-likeness (QED) is 0.784. The number of carboxylic acid groups (broad SMARTS) is 1. The Bertz CT molecular complexity index is 527. The van der Waals surface area contributed by atoms with Crippen molar-refractivity contribution in [1.29, 1.82) is 0 Å². The van der Waals surface area contributed by atoms with Crippen molar-refractivity contribution in [1.82, 2.24) is 15.1 Å². The number of nitrogens with one attached hydrogen (secondary N) is 1. The first-order chi connectivity index (χ1) is 9.67. The molecule has 1 aromatic rings. The Hall–Kier alpha value is -2.11. The standard InChI is InChI=1S/C15H23N3O3/c1-15(2,3)10-11(9-14(20)21)17-13(19)6-5-12-7-8-16-18(12)4/h5-8,11H,9-10H2,1-4H3,(H,17,19)(H,20,21)/b6-5+. The Morgan fingerprint density at radius 2 is 2.14 bits per heavy atom. The lowest BCUT2D eigenvalue weighted by Crippen LogP contribution is -2.38. The molecule has 1 rings (SSSR count). The number of rotatable bonds is 6. The molecular weight excluding hydrogens is 270 g/mol. The Kier molecular flexibility index (Phi) is 5.69. The van der Waals surface area contributed by atoms with Gasteiger partial charge in [0.05, 0.1) is 12.1 Å². The summed E-state index contributed by atoms with van der Waals surface area (Å²) in [6, 6.07) is 1.40. The van der Waals surface area contributed by atoms with Crippen molar-refractivity contribution in [3.8, 4) is 0 Å². The highest BCUT2D eigenvalue weighted by Crippen LogP contribution is 2.22. The molecule has 2 N–H and O–H groups in total. The van der Waals surface area contributed by atoms with E-state index in [1.165, 1.54) is 6.08 Å². The molecule has 6 heteroatoms. The van der Waals surface area contributed by atoms with E-state index in [0.29, 0.717) is 6.42 Å². The number of carbonyl (C=O) groups is 2. The summed E-state index contributed by atoms with van der Waals surface area (Å²) in [5, 5.41) is 15.7. The maximum Gasteiger partial charge on any atom is 0.305 e. The molecule has 0 saturated carbocycles. The molecule has 0 saturated heterocycles. The van der Waals surface area contributed by atoms with Crippen LogP contribution in [0.15, 0.2) is 18.3 Å².